The number of nitrogens with one attached hydrogen (secondary N) is 1. The minimum Gasteiger partial charge on any atom is -0.335 e. The summed E-state index contributed by atoms with van der Waals surface area (Å²) in [7, 11) is 2.10. The van der Waals surface area contributed by atoms with Crippen LogP contribution in [0.5, 0.6) is 0 Å². The molecule has 1 heterocycles. The number of rotatable bonds is 2. The van der Waals surface area contributed by atoms with Crippen LogP contribution in [0.15, 0.2) is 18.2 Å². The van der Waals surface area contributed by atoms with Crippen LogP contribution in [-0.4, -0.2) is 48.4 Å². The smallest absolute Gasteiger partial charge is 0.256 e. The topological polar surface area (TPSA) is 61.6 Å². The summed E-state index contributed by atoms with van der Waals surface area (Å²) in [6, 6.07) is 5.92. The van der Waals surface area contributed by atoms with Gasteiger partial charge in [0.05, 0.1) is 11.3 Å². The third-order valence-electron chi connectivity index (χ3n) is 3.87. The van der Waals surface area contributed by atoms with E-state index in [1.54, 1.807) is 0 Å². The third kappa shape index (κ3) is 3.11. The summed E-state index contributed by atoms with van der Waals surface area (Å²) in [5, 5.41) is 0. The molecule has 1 aliphatic rings. The summed E-state index contributed by atoms with van der Waals surface area (Å²) in [4.78, 5) is 17.0. The van der Waals surface area contributed by atoms with Gasteiger partial charge in [0.15, 0.2) is 0 Å². The molecule has 0 aromatic heterocycles. The fourth-order valence-electron chi connectivity index (χ4n) is 2.79. The predicted octanol–water partition coefficient (Wildman–Crippen LogP) is 1.45. The normalized spacial score (nSPS) is 20.6. The van der Waals surface area contributed by atoms with Gasteiger partial charge in [-0.25, -0.2) is 0 Å². The molecule has 1 atom stereocenters. The van der Waals surface area contributed by atoms with Gasteiger partial charge in [-0.15, -0.1) is 0 Å². The number of anilines is 1. The van der Waals surface area contributed by atoms with Gasteiger partial charge in [-0.1, -0.05) is 11.6 Å². The maximum absolute atomic E-state index is 12.8. The first kappa shape index (κ1) is 14.8. The monoisotopic (exact) mass is 276 g/mol. The number of carbonyl (C=O) groups is 1. The van der Waals surface area contributed by atoms with Gasteiger partial charge < -0.3 is 15.2 Å². The van der Waals surface area contributed by atoms with Gasteiger partial charge in [0.2, 0.25) is 0 Å². The van der Waals surface area contributed by atoms with Crippen molar-refractivity contribution in [1.29, 1.82) is 0 Å². The number of nitrogen functional groups attached to an aromatic ring is 1. The quantitative estimate of drug-likeness (QED) is 0.634. The lowest BCUT2D eigenvalue weighted by Crippen LogP contribution is -2.42. The van der Waals surface area contributed by atoms with Gasteiger partial charge >= 0.3 is 0 Å². The molecule has 2 rings (SSSR count). The second-order valence-corrected chi connectivity index (χ2v) is 5.66. The number of hydrogen-bond acceptors (Lipinski definition) is 4. The van der Waals surface area contributed by atoms with Crippen molar-refractivity contribution in [3.63, 3.8) is 0 Å². The van der Waals surface area contributed by atoms with Crippen LogP contribution in [0.4, 0.5) is 5.69 Å². The second-order valence-electron chi connectivity index (χ2n) is 5.66. The maximum atomic E-state index is 12.8. The molecular weight excluding hydrogens is 252 g/mol. The molecule has 0 saturated carbocycles. The van der Waals surface area contributed by atoms with E-state index in [0.29, 0.717) is 11.3 Å². The van der Waals surface area contributed by atoms with Crippen molar-refractivity contribution in [3.8, 4) is 0 Å². The van der Waals surface area contributed by atoms with Crippen LogP contribution in [0.25, 0.3) is 0 Å². The van der Waals surface area contributed by atoms with Gasteiger partial charge in [0.1, 0.15) is 0 Å². The Morgan fingerprint density at radius 2 is 2.15 bits per heavy atom. The van der Waals surface area contributed by atoms with E-state index in [0.717, 1.165) is 31.6 Å². The number of likely N-dealkylation sites (N-methyl/N-ethyl adjacent to an activating group) is 1. The summed E-state index contributed by atoms with van der Waals surface area (Å²) < 4.78 is 0. The Labute approximate surface area is 120 Å². The van der Waals surface area contributed by atoms with E-state index in [1.165, 1.54) is 0 Å². The average molecular weight is 276 g/mol. The van der Waals surface area contributed by atoms with Crippen LogP contribution in [0, 0.1) is 6.92 Å². The number of aryl methyl sites for hydroxylation is 1. The molecule has 0 radical (unpaired) electrons. The Balaban J connectivity index is 2.28. The summed E-state index contributed by atoms with van der Waals surface area (Å²) in [5.41, 5.74) is 5.03. The number of amides is 1. The molecule has 110 valence electrons. The molecular formula is C15H24N4O. The minimum absolute atomic E-state index is 0.0597. The predicted molar refractivity (Wildman–Crippen MR) is 81.6 cm³/mol. The van der Waals surface area contributed by atoms with E-state index in [1.807, 2.05) is 30.0 Å². The first-order chi connectivity index (χ1) is 9.52. The van der Waals surface area contributed by atoms with Gasteiger partial charge in [0, 0.05) is 19.1 Å². The molecule has 1 aromatic rings. The largest absolute Gasteiger partial charge is 0.335 e. The van der Waals surface area contributed by atoms with Crippen molar-refractivity contribution in [2.45, 2.75) is 26.3 Å². The second kappa shape index (κ2) is 6.24. The molecule has 1 saturated heterocycles. The van der Waals surface area contributed by atoms with Crippen LogP contribution < -0.4 is 11.3 Å². The molecule has 5 nitrogen and oxygen atoms in total. The molecule has 20 heavy (non-hydrogen) atoms. The zero-order valence-corrected chi connectivity index (χ0v) is 12.5. The van der Waals surface area contributed by atoms with Crippen molar-refractivity contribution in [2.24, 2.45) is 5.84 Å². The molecule has 1 aliphatic heterocycles. The van der Waals surface area contributed by atoms with Crippen LogP contribution in [0.1, 0.15) is 29.3 Å². The van der Waals surface area contributed by atoms with Crippen LogP contribution >= 0.6 is 0 Å². The summed E-state index contributed by atoms with van der Waals surface area (Å²) in [5.74, 6) is 5.59. The van der Waals surface area contributed by atoms with Crippen molar-refractivity contribution >= 4 is 11.6 Å². The summed E-state index contributed by atoms with van der Waals surface area (Å²) >= 11 is 0. The summed E-state index contributed by atoms with van der Waals surface area (Å²) in [6.45, 7) is 6.82. The fraction of sp³-hybridized carbons (Fsp3) is 0.533. The molecule has 0 bridgehead atoms. The lowest BCUT2D eigenvalue weighted by Gasteiger charge is -2.29. The Kier molecular flexibility index (Phi) is 4.62. The highest BCUT2D eigenvalue weighted by Gasteiger charge is 2.26. The first-order valence-electron chi connectivity index (χ1n) is 7.09. The third-order valence-corrected chi connectivity index (χ3v) is 3.87. The molecule has 5 heteroatoms. The van der Waals surface area contributed by atoms with E-state index in [9.17, 15) is 4.79 Å². The number of benzene rings is 1. The van der Waals surface area contributed by atoms with Gasteiger partial charge in [-0.3, -0.25) is 10.6 Å². The summed E-state index contributed by atoms with van der Waals surface area (Å²) in [6.07, 6.45) is 1.00. The Bertz CT molecular complexity index is 489. The number of nitrogens with two attached hydrogens (primary N) is 1. The van der Waals surface area contributed by atoms with Crippen LogP contribution in [0.3, 0.4) is 0 Å². The van der Waals surface area contributed by atoms with Gasteiger partial charge in [0.25, 0.3) is 5.91 Å². The van der Waals surface area contributed by atoms with Gasteiger partial charge in [-0.05, 0) is 46.0 Å². The standard InChI is InChI=1S/C15H24N4O/c1-11-5-6-14(17-16)13(9-11)15(20)19-8-4-7-18(3)10-12(19)2/h5-6,9,12,17H,4,7-8,10,16H2,1-3H3. The van der Waals surface area contributed by atoms with Crippen LogP contribution in [-0.2, 0) is 0 Å². The number of nitrogens with zero attached hydrogens (tertiary/aromatic N) is 2. The van der Waals surface area contributed by atoms with E-state index >= 15 is 0 Å². The Morgan fingerprint density at radius 3 is 2.85 bits per heavy atom. The lowest BCUT2D eigenvalue weighted by molar-refractivity contribution is 0.0697. The first-order valence-corrected chi connectivity index (χ1v) is 7.09. The van der Waals surface area contributed by atoms with Gasteiger partial charge in [-0.2, -0.15) is 0 Å². The average Bonchev–Trinajstić information content (AvgIpc) is 2.58. The van der Waals surface area contributed by atoms with E-state index < -0.39 is 0 Å². The van der Waals surface area contributed by atoms with Crippen molar-refractivity contribution in [2.75, 3.05) is 32.1 Å². The molecule has 0 aliphatic carbocycles. The highest BCUT2D eigenvalue weighted by molar-refractivity contribution is 6.00. The minimum atomic E-state index is 0.0597. The van der Waals surface area contributed by atoms with Crippen molar-refractivity contribution in [1.82, 2.24) is 9.80 Å². The zero-order chi connectivity index (χ0) is 14.7. The molecule has 1 unspecified atom stereocenters. The highest BCUT2D eigenvalue weighted by Crippen LogP contribution is 2.21. The molecule has 0 spiro atoms. The SMILES string of the molecule is Cc1ccc(NN)c(C(=O)N2CCCN(C)CC2C)c1. The molecule has 3 N–H and O–H groups in total. The fourth-order valence-corrected chi connectivity index (χ4v) is 2.79. The molecule has 1 amide bonds. The van der Waals surface area contributed by atoms with Crippen molar-refractivity contribution < 1.29 is 4.79 Å². The number of carbonyl (C=O) groups excluding carboxylic acids is 1. The van der Waals surface area contributed by atoms with Crippen LogP contribution in [0.2, 0.25) is 0 Å². The lowest BCUT2D eigenvalue weighted by atomic mass is 10.1. The number of hydrogen-bond donors (Lipinski definition) is 2. The van der Waals surface area contributed by atoms with E-state index in [4.69, 9.17) is 5.84 Å². The number of hydrazine groups is 1. The molecule has 1 aromatic carbocycles. The Morgan fingerprint density at radius 1 is 1.40 bits per heavy atom. The highest BCUT2D eigenvalue weighted by atomic mass is 16.2. The van der Waals surface area contributed by atoms with E-state index in [2.05, 4.69) is 24.3 Å². The maximum Gasteiger partial charge on any atom is 0.256 e. The molecule has 1 fully saturated rings. The Hall–Kier alpha value is -1.59. The van der Waals surface area contributed by atoms with E-state index in [-0.39, 0.29) is 11.9 Å². The zero-order valence-electron chi connectivity index (χ0n) is 12.5. The van der Waals surface area contributed by atoms with Crippen molar-refractivity contribution in [3.05, 3.63) is 29.3 Å².